The number of hydrogen-bond acceptors (Lipinski definition) is 4. The van der Waals surface area contributed by atoms with E-state index in [0.717, 1.165) is 22.3 Å². The number of aliphatic carboxylic acids is 1. The number of carboxylic acid groups (broad SMARTS) is 1. The third-order valence-corrected chi connectivity index (χ3v) is 6.15. The SMILES string of the molecule is CCC(CC)(CNC(=O)OCC1c2ccccc2-c2ccccc21)C(=O)NCC(=O)O. The Morgan fingerprint density at radius 2 is 1.48 bits per heavy atom. The Balaban J connectivity index is 1.62. The zero-order valence-electron chi connectivity index (χ0n) is 17.8. The zero-order valence-corrected chi connectivity index (χ0v) is 17.8. The maximum atomic E-state index is 12.5. The summed E-state index contributed by atoms with van der Waals surface area (Å²) < 4.78 is 5.53. The van der Waals surface area contributed by atoms with Gasteiger partial charge in [-0.2, -0.15) is 0 Å². The topological polar surface area (TPSA) is 105 Å². The summed E-state index contributed by atoms with van der Waals surface area (Å²) in [5.41, 5.74) is 3.67. The first-order valence-corrected chi connectivity index (χ1v) is 10.5. The summed E-state index contributed by atoms with van der Waals surface area (Å²) in [5, 5.41) is 13.9. The molecule has 0 unspecified atom stereocenters. The van der Waals surface area contributed by atoms with Gasteiger partial charge in [0.15, 0.2) is 0 Å². The smallest absolute Gasteiger partial charge is 0.407 e. The highest BCUT2D eigenvalue weighted by atomic mass is 16.5. The predicted molar refractivity (Wildman–Crippen MR) is 117 cm³/mol. The molecule has 1 aliphatic rings. The molecular weight excluding hydrogens is 396 g/mol. The number of amides is 2. The fourth-order valence-electron chi connectivity index (χ4n) is 4.14. The fraction of sp³-hybridized carbons (Fsp3) is 0.375. The summed E-state index contributed by atoms with van der Waals surface area (Å²) in [6.07, 6.45) is 0.316. The van der Waals surface area contributed by atoms with Gasteiger partial charge in [-0.1, -0.05) is 62.4 Å². The molecule has 0 bridgehead atoms. The molecule has 3 rings (SSSR count). The normalized spacial score (nSPS) is 12.6. The number of fused-ring (bicyclic) bond motifs is 3. The summed E-state index contributed by atoms with van der Waals surface area (Å²) in [6, 6.07) is 16.2. The van der Waals surface area contributed by atoms with Crippen molar-refractivity contribution < 1.29 is 24.2 Å². The molecular formula is C24H28N2O5. The van der Waals surface area contributed by atoms with Crippen LogP contribution in [0.5, 0.6) is 0 Å². The number of benzene rings is 2. The molecule has 0 spiro atoms. The molecule has 0 heterocycles. The number of carbonyl (C=O) groups is 3. The number of alkyl carbamates (subject to hydrolysis) is 1. The second kappa shape index (κ2) is 9.64. The van der Waals surface area contributed by atoms with Crippen LogP contribution in [0.2, 0.25) is 0 Å². The van der Waals surface area contributed by atoms with Crippen LogP contribution < -0.4 is 10.6 Å². The molecule has 164 valence electrons. The molecule has 0 aliphatic heterocycles. The van der Waals surface area contributed by atoms with E-state index in [1.807, 2.05) is 50.2 Å². The lowest BCUT2D eigenvalue weighted by Gasteiger charge is -2.30. The van der Waals surface area contributed by atoms with E-state index in [4.69, 9.17) is 9.84 Å². The summed E-state index contributed by atoms with van der Waals surface area (Å²) in [4.78, 5) is 35.7. The van der Waals surface area contributed by atoms with E-state index >= 15 is 0 Å². The second-order valence-electron chi connectivity index (χ2n) is 7.74. The third-order valence-electron chi connectivity index (χ3n) is 6.15. The van der Waals surface area contributed by atoms with E-state index < -0.39 is 24.0 Å². The van der Waals surface area contributed by atoms with E-state index in [1.165, 1.54) is 0 Å². The highest BCUT2D eigenvalue weighted by molar-refractivity contribution is 5.86. The molecule has 2 aromatic rings. The lowest BCUT2D eigenvalue weighted by atomic mass is 9.81. The van der Waals surface area contributed by atoms with Gasteiger partial charge in [-0.05, 0) is 35.1 Å². The minimum atomic E-state index is -1.11. The van der Waals surface area contributed by atoms with Crippen LogP contribution in [-0.2, 0) is 14.3 Å². The molecule has 0 atom stereocenters. The number of carboxylic acids is 1. The first kappa shape index (κ1) is 22.3. The molecule has 2 aromatic carbocycles. The van der Waals surface area contributed by atoms with E-state index in [9.17, 15) is 14.4 Å². The molecule has 7 heteroatoms. The van der Waals surface area contributed by atoms with Crippen molar-refractivity contribution in [1.82, 2.24) is 10.6 Å². The predicted octanol–water partition coefficient (Wildman–Crippen LogP) is 3.53. The van der Waals surface area contributed by atoms with Crippen molar-refractivity contribution in [2.24, 2.45) is 5.41 Å². The second-order valence-corrected chi connectivity index (χ2v) is 7.74. The lowest BCUT2D eigenvalue weighted by Crippen LogP contribution is -2.49. The Kier molecular flexibility index (Phi) is 6.95. The number of carbonyl (C=O) groups excluding carboxylic acids is 2. The van der Waals surface area contributed by atoms with Gasteiger partial charge in [-0.15, -0.1) is 0 Å². The first-order valence-electron chi connectivity index (χ1n) is 10.5. The van der Waals surface area contributed by atoms with Gasteiger partial charge in [0.1, 0.15) is 13.2 Å². The van der Waals surface area contributed by atoms with E-state index in [2.05, 4.69) is 22.8 Å². The van der Waals surface area contributed by atoms with Crippen molar-refractivity contribution in [3.63, 3.8) is 0 Å². The maximum Gasteiger partial charge on any atom is 0.407 e. The van der Waals surface area contributed by atoms with Crippen LogP contribution in [0, 0.1) is 5.41 Å². The highest BCUT2D eigenvalue weighted by Crippen LogP contribution is 2.44. The quantitative estimate of drug-likeness (QED) is 0.571. The van der Waals surface area contributed by atoms with Crippen molar-refractivity contribution in [2.75, 3.05) is 19.7 Å². The van der Waals surface area contributed by atoms with Crippen molar-refractivity contribution in [3.8, 4) is 11.1 Å². The van der Waals surface area contributed by atoms with Crippen molar-refractivity contribution in [2.45, 2.75) is 32.6 Å². The number of ether oxygens (including phenoxy) is 1. The molecule has 0 fully saturated rings. The standard InChI is InChI=1S/C24H28N2O5/c1-3-24(4-2,22(29)25-13-21(27)28)15-26-23(30)31-14-20-18-11-7-5-9-16(18)17-10-6-8-12-19(17)20/h5-12,20H,3-4,13-15H2,1-2H3,(H,25,29)(H,26,30)(H,27,28). The average molecular weight is 424 g/mol. The van der Waals surface area contributed by atoms with Gasteiger partial charge in [-0.25, -0.2) is 4.79 Å². The minimum absolute atomic E-state index is 0.0425. The van der Waals surface area contributed by atoms with Crippen LogP contribution >= 0.6 is 0 Å². The Morgan fingerprint density at radius 3 is 2.00 bits per heavy atom. The van der Waals surface area contributed by atoms with Gasteiger partial charge >= 0.3 is 12.1 Å². The molecule has 2 amide bonds. The van der Waals surface area contributed by atoms with Gasteiger partial charge in [0.05, 0.1) is 5.41 Å². The van der Waals surface area contributed by atoms with Gasteiger partial charge in [0.25, 0.3) is 0 Å². The van der Waals surface area contributed by atoms with Crippen LogP contribution in [-0.4, -0.2) is 42.8 Å². The van der Waals surface area contributed by atoms with Crippen LogP contribution in [0.4, 0.5) is 4.79 Å². The monoisotopic (exact) mass is 424 g/mol. The largest absolute Gasteiger partial charge is 0.480 e. The summed E-state index contributed by atoms with van der Waals surface area (Å²) in [5.74, 6) is -1.54. The molecule has 3 N–H and O–H groups in total. The molecule has 0 saturated heterocycles. The Hall–Kier alpha value is -3.35. The molecule has 0 radical (unpaired) electrons. The Labute approximate surface area is 181 Å². The van der Waals surface area contributed by atoms with Crippen molar-refractivity contribution in [1.29, 1.82) is 0 Å². The van der Waals surface area contributed by atoms with Gasteiger partial charge in [-0.3, -0.25) is 9.59 Å². The fourth-order valence-corrected chi connectivity index (χ4v) is 4.14. The maximum absolute atomic E-state index is 12.5. The van der Waals surface area contributed by atoms with E-state index in [-0.39, 0.29) is 25.0 Å². The molecule has 0 saturated carbocycles. The Bertz CT molecular complexity index is 922. The van der Waals surface area contributed by atoms with Gasteiger partial charge < -0.3 is 20.5 Å². The van der Waals surface area contributed by atoms with E-state index in [1.54, 1.807) is 0 Å². The number of hydrogen-bond donors (Lipinski definition) is 3. The number of nitrogens with one attached hydrogen (secondary N) is 2. The van der Waals surface area contributed by atoms with Gasteiger partial charge in [0.2, 0.25) is 5.91 Å². The molecule has 0 aromatic heterocycles. The van der Waals surface area contributed by atoms with E-state index in [0.29, 0.717) is 12.8 Å². The van der Waals surface area contributed by atoms with Crippen LogP contribution in [0.15, 0.2) is 48.5 Å². The Morgan fingerprint density at radius 1 is 0.935 bits per heavy atom. The minimum Gasteiger partial charge on any atom is -0.480 e. The first-order chi connectivity index (χ1) is 14.9. The van der Waals surface area contributed by atoms with Crippen LogP contribution in [0.25, 0.3) is 11.1 Å². The molecule has 1 aliphatic carbocycles. The number of rotatable bonds is 9. The summed E-state index contributed by atoms with van der Waals surface area (Å²) in [7, 11) is 0. The average Bonchev–Trinajstić information content (AvgIpc) is 3.11. The molecule has 31 heavy (non-hydrogen) atoms. The molecule has 7 nitrogen and oxygen atoms in total. The van der Waals surface area contributed by atoms with Crippen LogP contribution in [0.3, 0.4) is 0 Å². The zero-order chi connectivity index (χ0) is 22.4. The van der Waals surface area contributed by atoms with Gasteiger partial charge in [0, 0.05) is 12.5 Å². The summed E-state index contributed by atoms with van der Waals surface area (Å²) in [6.45, 7) is 3.48. The van der Waals surface area contributed by atoms with Crippen molar-refractivity contribution in [3.05, 3.63) is 59.7 Å². The van der Waals surface area contributed by atoms with Crippen LogP contribution in [0.1, 0.15) is 43.7 Å². The van der Waals surface area contributed by atoms with Crippen molar-refractivity contribution >= 4 is 18.0 Å². The highest BCUT2D eigenvalue weighted by Gasteiger charge is 2.36. The lowest BCUT2D eigenvalue weighted by molar-refractivity contribution is -0.140. The summed E-state index contributed by atoms with van der Waals surface area (Å²) >= 11 is 0. The third kappa shape index (κ3) is 4.71.